The Balaban J connectivity index is 1.41. The van der Waals surface area contributed by atoms with E-state index in [-0.39, 0.29) is 17.4 Å². The Hall–Kier alpha value is -2.37. The topological polar surface area (TPSA) is 84.5 Å². The van der Waals surface area contributed by atoms with Crippen LogP contribution in [0.25, 0.3) is 0 Å². The van der Waals surface area contributed by atoms with E-state index in [0.29, 0.717) is 11.8 Å². The van der Waals surface area contributed by atoms with Crippen molar-refractivity contribution in [2.45, 2.75) is 70.3 Å². The van der Waals surface area contributed by atoms with E-state index in [4.69, 9.17) is 4.74 Å². The molecule has 2 N–H and O–H groups in total. The lowest BCUT2D eigenvalue weighted by Gasteiger charge is -2.61. The summed E-state index contributed by atoms with van der Waals surface area (Å²) in [5, 5.41) is 4.91. The van der Waals surface area contributed by atoms with Crippen molar-refractivity contribution in [1.29, 1.82) is 0 Å². The molecule has 4 aliphatic carbocycles. The highest BCUT2D eigenvalue weighted by Gasteiger charge is 2.61. The van der Waals surface area contributed by atoms with Crippen molar-refractivity contribution in [1.82, 2.24) is 10.6 Å². The molecule has 0 heterocycles. The minimum atomic E-state index is -0.591. The fourth-order valence-electron chi connectivity index (χ4n) is 6.44. The number of amides is 3. The molecule has 1 aromatic rings. The van der Waals surface area contributed by atoms with Crippen LogP contribution < -0.4 is 10.6 Å². The van der Waals surface area contributed by atoms with Crippen molar-refractivity contribution in [2.24, 2.45) is 17.3 Å². The molecule has 30 heavy (non-hydrogen) atoms. The van der Waals surface area contributed by atoms with Gasteiger partial charge < -0.3 is 10.1 Å². The first-order valence-corrected chi connectivity index (χ1v) is 11.2. The quantitative estimate of drug-likeness (QED) is 0.698. The Labute approximate surface area is 178 Å². The van der Waals surface area contributed by atoms with Crippen LogP contribution in [0.15, 0.2) is 30.3 Å². The van der Waals surface area contributed by atoms with Gasteiger partial charge in [0.15, 0.2) is 6.61 Å². The second-order valence-electron chi connectivity index (χ2n) is 9.79. The number of hydrogen-bond donors (Lipinski definition) is 2. The summed E-state index contributed by atoms with van der Waals surface area (Å²) in [6, 6.07) is 9.99. The van der Waals surface area contributed by atoms with E-state index in [1.165, 1.54) is 12.0 Å². The van der Waals surface area contributed by atoms with Crippen LogP contribution >= 0.6 is 0 Å². The molecule has 0 radical (unpaired) electrons. The van der Waals surface area contributed by atoms with E-state index in [1.807, 2.05) is 19.9 Å². The summed E-state index contributed by atoms with van der Waals surface area (Å²) in [6.07, 6.45) is 6.74. The molecule has 4 bridgehead atoms. The number of nitrogens with one attached hydrogen (secondary N) is 2. The average molecular weight is 413 g/mol. The lowest BCUT2D eigenvalue weighted by molar-refractivity contribution is -0.175. The second kappa shape index (κ2) is 8.05. The van der Waals surface area contributed by atoms with Gasteiger partial charge in [0.05, 0.1) is 5.41 Å². The third-order valence-electron chi connectivity index (χ3n) is 7.46. The number of carbonyl (C=O) groups excluding carboxylic acids is 3. The molecule has 0 spiro atoms. The highest BCUT2D eigenvalue weighted by molar-refractivity contribution is 5.95. The molecule has 162 valence electrons. The first-order valence-electron chi connectivity index (χ1n) is 11.2. The molecule has 6 heteroatoms. The summed E-state index contributed by atoms with van der Waals surface area (Å²) in [5.74, 6) is 0.212. The fourth-order valence-corrected chi connectivity index (χ4v) is 6.44. The zero-order valence-electron chi connectivity index (χ0n) is 17.9. The van der Waals surface area contributed by atoms with Crippen LogP contribution in [0, 0.1) is 17.3 Å². The first kappa shape index (κ1) is 20.9. The van der Waals surface area contributed by atoms with E-state index in [9.17, 15) is 14.4 Å². The number of imide groups is 1. The Kier molecular flexibility index (Phi) is 5.60. The Bertz CT molecular complexity index is 808. The van der Waals surface area contributed by atoms with Crippen LogP contribution in [0.1, 0.15) is 64.4 Å². The first-order chi connectivity index (χ1) is 14.3. The lowest BCUT2D eigenvalue weighted by Crippen LogP contribution is -2.57. The summed E-state index contributed by atoms with van der Waals surface area (Å²) in [4.78, 5) is 37.1. The number of benzene rings is 1. The van der Waals surface area contributed by atoms with Crippen LogP contribution in [-0.4, -0.2) is 30.6 Å². The average Bonchev–Trinajstić information content (AvgIpc) is 2.71. The van der Waals surface area contributed by atoms with Crippen molar-refractivity contribution in [2.75, 3.05) is 6.61 Å². The number of carbonyl (C=O) groups is 3. The van der Waals surface area contributed by atoms with Gasteiger partial charge in [-0.1, -0.05) is 37.3 Å². The molecule has 2 unspecified atom stereocenters. The summed E-state index contributed by atoms with van der Waals surface area (Å²) in [6.45, 7) is 3.39. The minimum Gasteiger partial charge on any atom is -0.455 e. The smallest absolute Gasteiger partial charge is 0.321 e. The van der Waals surface area contributed by atoms with Crippen molar-refractivity contribution >= 4 is 17.9 Å². The van der Waals surface area contributed by atoms with Gasteiger partial charge in [0, 0.05) is 6.04 Å². The van der Waals surface area contributed by atoms with E-state index in [2.05, 4.69) is 34.9 Å². The van der Waals surface area contributed by atoms with Gasteiger partial charge in [-0.15, -0.1) is 0 Å². The van der Waals surface area contributed by atoms with Gasteiger partial charge in [-0.25, -0.2) is 4.79 Å². The van der Waals surface area contributed by atoms with Crippen molar-refractivity contribution in [3.05, 3.63) is 35.9 Å². The van der Waals surface area contributed by atoms with E-state index in [1.54, 1.807) is 0 Å². The monoisotopic (exact) mass is 412 g/mol. The fraction of sp³-hybridized carbons (Fsp3) is 0.625. The number of ether oxygens (including phenoxy) is 1. The summed E-state index contributed by atoms with van der Waals surface area (Å²) in [5.41, 5.74) is 0.873. The van der Waals surface area contributed by atoms with Crippen LogP contribution in [0.3, 0.4) is 0 Å². The molecule has 4 fully saturated rings. The second-order valence-corrected chi connectivity index (χ2v) is 9.79. The van der Waals surface area contributed by atoms with Crippen LogP contribution in [0.5, 0.6) is 0 Å². The van der Waals surface area contributed by atoms with Crippen molar-refractivity contribution in [3.63, 3.8) is 0 Å². The van der Waals surface area contributed by atoms with Crippen LogP contribution in [0.2, 0.25) is 0 Å². The van der Waals surface area contributed by atoms with Gasteiger partial charge >= 0.3 is 12.0 Å². The Morgan fingerprint density at radius 3 is 2.40 bits per heavy atom. The maximum absolute atomic E-state index is 13.2. The van der Waals surface area contributed by atoms with Gasteiger partial charge in [0.1, 0.15) is 0 Å². The molecule has 0 aliphatic heterocycles. The molecule has 4 saturated carbocycles. The molecular formula is C24H32N2O4. The predicted molar refractivity (Wildman–Crippen MR) is 113 cm³/mol. The maximum Gasteiger partial charge on any atom is 0.321 e. The van der Waals surface area contributed by atoms with Crippen molar-refractivity contribution in [3.8, 4) is 0 Å². The van der Waals surface area contributed by atoms with E-state index >= 15 is 0 Å². The van der Waals surface area contributed by atoms with Gasteiger partial charge in [0.2, 0.25) is 0 Å². The summed E-state index contributed by atoms with van der Waals surface area (Å²) in [7, 11) is 0. The normalized spacial score (nSPS) is 32.3. The van der Waals surface area contributed by atoms with Gasteiger partial charge in [0.25, 0.3) is 5.91 Å². The molecule has 6 nitrogen and oxygen atoms in total. The number of rotatable bonds is 6. The molecule has 0 saturated heterocycles. The number of hydrogen-bond acceptors (Lipinski definition) is 4. The molecule has 5 rings (SSSR count). The Morgan fingerprint density at radius 2 is 1.77 bits per heavy atom. The molecule has 1 aromatic carbocycles. The minimum absolute atomic E-state index is 0.0263. The number of urea groups is 1. The zero-order chi connectivity index (χ0) is 21.4. The summed E-state index contributed by atoms with van der Waals surface area (Å²) >= 11 is 0. The third-order valence-corrected chi connectivity index (χ3v) is 7.46. The molecule has 0 aromatic heterocycles. The van der Waals surface area contributed by atoms with Gasteiger partial charge in [-0.3, -0.25) is 14.9 Å². The predicted octanol–water partition coefficient (Wildman–Crippen LogP) is 3.69. The highest BCUT2D eigenvalue weighted by Crippen LogP contribution is 2.66. The van der Waals surface area contributed by atoms with Crippen LogP contribution in [0.4, 0.5) is 4.79 Å². The van der Waals surface area contributed by atoms with Crippen molar-refractivity contribution < 1.29 is 19.1 Å². The van der Waals surface area contributed by atoms with Gasteiger partial charge in [-0.2, -0.15) is 0 Å². The summed E-state index contributed by atoms with van der Waals surface area (Å²) < 4.78 is 5.47. The highest BCUT2D eigenvalue weighted by atomic mass is 16.5. The van der Waals surface area contributed by atoms with Gasteiger partial charge in [-0.05, 0) is 74.7 Å². The van der Waals surface area contributed by atoms with Crippen LogP contribution in [-0.2, 0) is 19.7 Å². The molecule has 3 amide bonds. The molecular weight excluding hydrogens is 380 g/mol. The Morgan fingerprint density at radius 1 is 1.10 bits per heavy atom. The lowest BCUT2D eigenvalue weighted by atomic mass is 9.43. The standard InChI is InChI=1S/C24H32N2O4/c1-3-16(2)25-22(29)26-20(27)14-30-21(28)24-12-17-9-18(13-24)11-23(10-17,15-24)19-7-5-4-6-8-19/h4-8,16-18H,3,9-15H2,1-2H3,(H2,25,26,27,29)/t16-,17-,18+,23?,24?/m1/s1. The molecule has 4 aliphatic rings. The number of esters is 1. The maximum atomic E-state index is 13.2. The third kappa shape index (κ3) is 3.96. The SMILES string of the molecule is CC[C@@H](C)NC(=O)NC(=O)COC(=O)C12C[C@H]3C[C@@H](C1)CC(c1ccccc1)(C3)C2. The largest absolute Gasteiger partial charge is 0.455 e. The zero-order valence-corrected chi connectivity index (χ0v) is 17.9. The van der Waals surface area contributed by atoms with E-state index in [0.717, 1.165) is 38.5 Å². The molecule has 5 atom stereocenters. The van der Waals surface area contributed by atoms with E-state index < -0.39 is 24.0 Å².